The lowest BCUT2D eigenvalue weighted by molar-refractivity contribution is 0.305. The van der Waals surface area contributed by atoms with Gasteiger partial charge in [0, 0.05) is 0 Å². The number of nitrogens with two attached hydrogens (primary N) is 1. The largest absolute Gasteiger partial charge is 0.495 e. The average Bonchev–Trinajstić information content (AvgIpc) is 2.51. The first-order chi connectivity index (χ1) is 10.2. The van der Waals surface area contributed by atoms with Gasteiger partial charge in [0.15, 0.2) is 0 Å². The quantitative estimate of drug-likeness (QED) is 0.876. The Kier molecular flexibility index (Phi) is 5.25. The third-order valence-electron chi connectivity index (χ3n) is 2.98. The van der Waals surface area contributed by atoms with Gasteiger partial charge < -0.3 is 15.2 Å². The second-order valence-corrected chi connectivity index (χ2v) is 4.65. The smallest absolute Gasteiger partial charge is 0.134 e. The second kappa shape index (κ2) is 7.37. The first-order valence-electron chi connectivity index (χ1n) is 6.78. The van der Waals surface area contributed by atoms with Gasteiger partial charge in [-0.3, -0.25) is 0 Å². The normalized spacial score (nSPS) is 9.67. The molecule has 2 rings (SSSR count). The Morgan fingerprint density at radius 1 is 1.14 bits per heavy atom. The number of ether oxygens (including phenoxy) is 2. The van der Waals surface area contributed by atoms with E-state index in [-0.39, 0.29) is 0 Å². The summed E-state index contributed by atoms with van der Waals surface area (Å²) in [6.45, 7) is 2.86. The molecule has 0 unspecified atom stereocenters. The molecular weight excluding hydrogens is 262 g/mol. The summed E-state index contributed by atoms with van der Waals surface area (Å²) in [5, 5.41) is 0. The minimum atomic E-state index is 0.327. The van der Waals surface area contributed by atoms with E-state index in [4.69, 9.17) is 15.2 Å². The lowest BCUT2D eigenvalue weighted by atomic mass is 10.1. The van der Waals surface area contributed by atoms with Gasteiger partial charge in [-0.25, -0.2) is 0 Å². The molecule has 3 heteroatoms. The van der Waals surface area contributed by atoms with Crippen LogP contribution in [0.3, 0.4) is 0 Å². The van der Waals surface area contributed by atoms with Crippen molar-refractivity contribution in [2.75, 3.05) is 13.7 Å². The molecule has 0 amide bonds. The van der Waals surface area contributed by atoms with E-state index in [2.05, 4.69) is 11.8 Å². The molecule has 0 heterocycles. The molecule has 3 nitrogen and oxygen atoms in total. The molecule has 2 N–H and O–H groups in total. The van der Waals surface area contributed by atoms with Gasteiger partial charge >= 0.3 is 0 Å². The van der Waals surface area contributed by atoms with E-state index in [0.717, 1.165) is 22.6 Å². The van der Waals surface area contributed by atoms with Crippen LogP contribution >= 0.6 is 0 Å². The molecule has 0 fully saturated rings. The number of methoxy groups -OCH3 is 1. The number of hydrogen-bond acceptors (Lipinski definition) is 3. The number of rotatable bonds is 4. The predicted octanol–water partition coefficient (Wildman–Crippen LogP) is 2.89. The Bertz CT molecular complexity index is 668. The Morgan fingerprint density at radius 3 is 2.71 bits per heavy atom. The SMILES string of the molecule is COc1ccc(COc2cccc(C)c2)cc1C#CCN. The summed E-state index contributed by atoms with van der Waals surface area (Å²) in [4.78, 5) is 0. The fourth-order valence-corrected chi connectivity index (χ4v) is 1.96. The summed E-state index contributed by atoms with van der Waals surface area (Å²) in [5.74, 6) is 7.47. The highest BCUT2D eigenvalue weighted by atomic mass is 16.5. The van der Waals surface area contributed by atoms with Crippen molar-refractivity contribution >= 4 is 0 Å². The third-order valence-corrected chi connectivity index (χ3v) is 2.98. The van der Waals surface area contributed by atoms with Crippen LogP contribution in [0, 0.1) is 18.8 Å². The molecule has 0 radical (unpaired) electrons. The van der Waals surface area contributed by atoms with Crippen molar-refractivity contribution in [1.82, 2.24) is 0 Å². The number of aryl methyl sites for hydroxylation is 1. The molecule has 0 aromatic heterocycles. The molecule has 0 bridgehead atoms. The van der Waals surface area contributed by atoms with Crippen LogP contribution in [-0.2, 0) is 6.61 Å². The maximum atomic E-state index is 5.79. The highest BCUT2D eigenvalue weighted by molar-refractivity contribution is 5.48. The predicted molar refractivity (Wildman–Crippen MR) is 84.4 cm³/mol. The maximum absolute atomic E-state index is 5.79. The van der Waals surface area contributed by atoms with Gasteiger partial charge in [0.2, 0.25) is 0 Å². The topological polar surface area (TPSA) is 44.5 Å². The molecule has 0 aliphatic rings. The molecule has 0 atom stereocenters. The Labute approximate surface area is 125 Å². The molecule has 0 spiro atoms. The van der Waals surface area contributed by atoms with Crippen molar-refractivity contribution < 1.29 is 9.47 Å². The highest BCUT2D eigenvalue weighted by Gasteiger charge is 2.03. The third kappa shape index (κ3) is 4.27. The number of hydrogen-bond donors (Lipinski definition) is 1. The summed E-state index contributed by atoms with van der Waals surface area (Å²) < 4.78 is 11.1. The van der Waals surface area contributed by atoms with Crippen molar-refractivity contribution in [3.63, 3.8) is 0 Å². The van der Waals surface area contributed by atoms with Gasteiger partial charge in [-0.1, -0.05) is 30.0 Å². The van der Waals surface area contributed by atoms with Crippen molar-refractivity contribution in [2.45, 2.75) is 13.5 Å². The van der Waals surface area contributed by atoms with E-state index in [9.17, 15) is 0 Å². The van der Waals surface area contributed by atoms with Crippen LogP contribution in [0.4, 0.5) is 0 Å². The van der Waals surface area contributed by atoms with Crippen LogP contribution in [0.2, 0.25) is 0 Å². The van der Waals surface area contributed by atoms with Crippen LogP contribution < -0.4 is 15.2 Å². The van der Waals surface area contributed by atoms with E-state index in [1.54, 1.807) is 7.11 Å². The summed E-state index contributed by atoms with van der Waals surface area (Å²) in [6.07, 6.45) is 0. The average molecular weight is 281 g/mol. The van der Waals surface area contributed by atoms with Crippen LogP contribution in [-0.4, -0.2) is 13.7 Å². The summed E-state index contributed by atoms with van der Waals surface area (Å²) in [5.41, 5.74) is 8.46. The highest BCUT2D eigenvalue weighted by Crippen LogP contribution is 2.20. The monoisotopic (exact) mass is 281 g/mol. The summed E-state index contributed by atoms with van der Waals surface area (Å²) in [7, 11) is 1.63. The molecule has 2 aromatic rings. The van der Waals surface area contributed by atoms with E-state index < -0.39 is 0 Å². The van der Waals surface area contributed by atoms with Crippen molar-refractivity contribution in [2.24, 2.45) is 5.73 Å². The fourth-order valence-electron chi connectivity index (χ4n) is 1.96. The first kappa shape index (κ1) is 15.0. The minimum absolute atomic E-state index is 0.327. The zero-order chi connectivity index (χ0) is 15.1. The van der Waals surface area contributed by atoms with Gasteiger partial charge in [-0.15, -0.1) is 0 Å². The zero-order valence-corrected chi connectivity index (χ0v) is 12.3. The van der Waals surface area contributed by atoms with Crippen molar-refractivity contribution in [3.05, 3.63) is 59.2 Å². The lowest BCUT2D eigenvalue weighted by Crippen LogP contribution is -1.98. The van der Waals surface area contributed by atoms with Gasteiger partial charge in [0.05, 0.1) is 19.2 Å². The Balaban J connectivity index is 2.13. The van der Waals surface area contributed by atoms with Gasteiger partial charge in [0.25, 0.3) is 0 Å². The van der Waals surface area contributed by atoms with Gasteiger partial charge in [-0.05, 0) is 42.3 Å². The molecule has 0 aliphatic heterocycles. The zero-order valence-electron chi connectivity index (χ0n) is 12.3. The molecular formula is C18H19NO2. The molecule has 0 saturated carbocycles. The fraction of sp³-hybridized carbons (Fsp3) is 0.222. The van der Waals surface area contributed by atoms with Crippen molar-refractivity contribution in [1.29, 1.82) is 0 Å². The van der Waals surface area contributed by atoms with E-state index in [1.807, 2.05) is 49.4 Å². The second-order valence-electron chi connectivity index (χ2n) is 4.65. The lowest BCUT2D eigenvalue weighted by Gasteiger charge is -2.09. The van der Waals surface area contributed by atoms with Gasteiger partial charge in [0.1, 0.15) is 18.1 Å². The molecule has 21 heavy (non-hydrogen) atoms. The van der Waals surface area contributed by atoms with E-state index in [1.165, 1.54) is 5.56 Å². The van der Waals surface area contributed by atoms with Gasteiger partial charge in [-0.2, -0.15) is 0 Å². The van der Waals surface area contributed by atoms with Crippen LogP contribution in [0.15, 0.2) is 42.5 Å². The van der Waals surface area contributed by atoms with E-state index in [0.29, 0.717) is 13.2 Å². The summed E-state index contributed by atoms with van der Waals surface area (Å²) >= 11 is 0. The number of benzene rings is 2. The molecule has 0 saturated heterocycles. The van der Waals surface area contributed by atoms with Crippen LogP contribution in [0.1, 0.15) is 16.7 Å². The molecule has 108 valence electrons. The maximum Gasteiger partial charge on any atom is 0.134 e. The van der Waals surface area contributed by atoms with Crippen LogP contribution in [0.5, 0.6) is 11.5 Å². The minimum Gasteiger partial charge on any atom is -0.495 e. The van der Waals surface area contributed by atoms with E-state index >= 15 is 0 Å². The Morgan fingerprint density at radius 2 is 2.00 bits per heavy atom. The standard InChI is InChI=1S/C18H19NO2/c1-14-5-3-7-17(11-14)21-13-15-8-9-18(20-2)16(12-15)6-4-10-19/h3,5,7-9,11-12H,10,13,19H2,1-2H3. The molecule has 2 aromatic carbocycles. The summed E-state index contributed by atoms with van der Waals surface area (Å²) in [6, 6.07) is 13.8. The van der Waals surface area contributed by atoms with Crippen molar-refractivity contribution in [3.8, 4) is 23.3 Å². The van der Waals surface area contributed by atoms with Crippen LogP contribution in [0.25, 0.3) is 0 Å². The molecule has 0 aliphatic carbocycles. The first-order valence-corrected chi connectivity index (χ1v) is 6.78. The Hall–Kier alpha value is -2.44.